The molecule has 0 bridgehead atoms. The third-order valence-corrected chi connectivity index (χ3v) is 2.67. The van der Waals surface area contributed by atoms with Crippen LogP contribution in [0.3, 0.4) is 0 Å². The van der Waals surface area contributed by atoms with Crippen molar-refractivity contribution in [3.8, 4) is 0 Å². The van der Waals surface area contributed by atoms with Crippen LogP contribution >= 0.6 is 12.4 Å². The van der Waals surface area contributed by atoms with Crippen molar-refractivity contribution in [1.29, 1.82) is 0 Å². The maximum absolute atomic E-state index is 10.6. The number of carboxylic acid groups (broad SMARTS) is 1. The first-order valence-corrected chi connectivity index (χ1v) is 4.98. The van der Waals surface area contributed by atoms with Crippen LogP contribution in [0.1, 0.15) is 26.7 Å². The van der Waals surface area contributed by atoms with Crippen molar-refractivity contribution < 1.29 is 14.6 Å². The predicted octanol–water partition coefficient (Wildman–Crippen LogP) is 1.53. The van der Waals surface area contributed by atoms with E-state index in [0.29, 0.717) is 5.92 Å². The molecule has 92 valence electrons. The third-order valence-electron chi connectivity index (χ3n) is 2.67. The number of likely N-dealkylation sites (N-methyl/N-ethyl adjacent to an activating group) is 1. The molecule has 0 heterocycles. The molecule has 0 rings (SSSR count). The summed E-state index contributed by atoms with van der Waals surface area (Å²) < 4.78 is 5.19. The zero-order chi connectivity index (χ0) is 11.1. The molecule has 0 aromatic carbocycles. The number of aliphatic carboxylic acids is 1. The minimum absolute atomic E-state index is 0. The number of nitrogens with one attached hydrogen (secondary N) is 1. The van der Waals surface area contributed by atoms with Crippen molar-refractivity contribution >= 4 is 18.4 Å². The molecule has 0 spiro atoms. The van der Waals surface area contributed by atoms with E-state index in [-0.39, 0.29) is 31.0 Å². The van der Waals surface area contributed by atoms with E-state index < -0.39 is 5.97 Å². The molecule has 0 unspecified atom stereocenters. The maximum atomic E-state index is 10.6. The van der Waals surface area contributed by atoms with Gasteiger partial charge in [-0.3, -0.25) is 4.79 Å². The molecule has 3 atom stereocenters. The second-order valence-corrected chi connectivity index (χ2v) is 3.57. The van der Waals surface area contributed by atoms with Gasteiger partial charge in [0.2, 0.25) is 0 Å². The fraction of sp³-hybridized carbons (Fsp3) is 0.900. The first-order valence-electron chi connectivity index (χ1n) is 4.98. The average molecular weight is 240 g/mol. The Morgan fingerprint density at radius 2 is 2.07 bits per heavy atom. The van der Waals surface area contributed by atoms with Gasteiger partial charge in [0.25, 0.3) is 0 Å². The van der Waals surface area contributed by atoms with Crippen molar-refractivity contribution in [2.75, 3.05) is 14.2 Å². The van der Waals surface area contributed by atoms with Crippen LogP contribution in [0.5, 0.6) is 0 Å². The lowest BCUT2D eigenvalue weighted by molar-refractivity contribution is -0.140. The van der Waals surface area contributed by atoms with Gasteiger partial charge in [0.05, 0.1) is 12.5 Å². The van der Waals surface area contributed by atoms with Crippen LogP contribution in [0.2, 0.25) is 0 Å². The number of ether oxygens (including phenoxy) is 1. The standard InChI is InChI=1S/C10H21NO3.ClH/c1-5-7(2)10(11-3)8(14-4)6-9(12)13;/h7-8,10-11H,5-6H2,1-4H3,(H,12,13);1H/t7-,8+,10-;/m1./s1. The molecule has 0 aromatic heterocycles. The number of carboxylic acids is 1. The van der Waals surface area contributed by atoms with E-state index in [2.05, 4.69) is 19.2 Å². The smallest absolute Gasteiger partial charge is 0.306 e. The van der Waals surface area contributed by atoms with E-state index >= 15 is 0 Å². The summed E-state index contributed by atoms with van der Waals surface area (Å²) in [5.74, 6) is -0.412. The van der Waals surface area contributed by atoms with Crippen molar-refractivity contribution in [2.24, 2.45) is 5.92 Å². The summed E-state index contributed by atoms with van der Waals surface area (Å²) in [6.07, 6.45) is 0.796. The topological polar surface area (TPSA) is 58.6 Å². The van der Waals surface area contributed by atoms with Gasteiger partial charge < -0.3 is 15.2 Å². The Hall–Kier alpha value is -0.320. The molecule has 0 aliphatic heterocycles. The highest BCUT2D eigenvalue weighted by Crippen LogP contribution is 2.15. The molecular formula is C10H22ClNO3. The summed E-state index contributed by atoms with van der Waals surface area (Å²) in [6.45, 7) is 4.18. The molecule has 0 saturated carbocycles. The second kappa shape index (κ2) is 8.95. The lowest BCUT2D eigenvalue weighted by Crippen LogP contribution is -2.44. The van der Waals surface area contributed by atoms with Gasteiger partial charge in [-0.05, 0) is 13.0 Å². The van der Waals surface area contributed by atoms with E-state index in [9.17, 15) is 4.79 Å². The van der Waals surface area contributed by atoms with Gasteiger partial charge in [-0.1, -0.05) is 20.3 Å². The highest BCUT2D eigenvalue weighted by Gasteiger charge is 2.26. The largest absolute Gasteiger partial charge is 0.481 e. The van der Waals surface area contributed by atoms with E-state index in [1.807, 2.05) is 7.05 Å². The van der Waals surface area contributed by atoms with Crippen LogP contribution in [0.15, 0.2) is 0 Å². The zero-order valence-electron chi connectivity index (χ0n) is 9.82. The van der Waals surface area contributed by atoms with Crippen molar-refractivity contribution in [3.63, 3.8) is 0 Å². The summed E-state index contributed by atoms with van der Waals surface area (Å²) in [5, 5.41) is 11.8. The fourth-order valence-corrected chi connectivity index (χ4v) is 1.62. The van der Waals surface area contributed by atoms with Gasteiger partial charge in [-0.15, -0.1) is 12.4 Å². The minimum Gasteiger partial charge on any atom is -0.481 e. The van der Waals surface area contributed by atoms with Crippen molar-refractivity contribution in [2.45, 2.75) is 38.8 Å². The molecule has 0 fully saturated rings. The van der Waals surface area contributed by atoms with Crippen LogP contribution in [-0.4, -0.2) is 37.4 Å². The third kappa shape index (κ3) is 5.97. The number of hydrogen-bond donors (Lipinski definition) is 2. The van der Waals surface area contributed by atoms with Crippen molar-refractivity contribution in [1.82, 2.24) is 5.32 Å². The minimum atomic E-state index is -0.819. The SMILES string of the molecule is CC[C@@H](C)[C@@H](NC)[C@H](CC(=O)O)OC.Cl. The lowest BCUT2D eigenvalue weighted by Gasteiger charge is -2.29. The quantitative estimate of drug-likeness (QED) is 0.708. The van der Waals surface area contributed by atoms with Gasteiger partial charge in [-0.2, -0.15) is 0 Å². The van der Waals surface area contributed by atoms with Crippen LogP contribution in [0, 0.1) is 5.92 Å². The maximum Gasteiger partial charge on any atom is 0.306 e. The van der Waals surface area contributed by atoms with Gasteiger partial charge in [0, 0.05) is 13.2 Å². The first kappa shape index (κ1) is 17.1. The van der Waals surface area contributed by atoms with E-state index in [1.165, 1.54) is 0 Å². The molecule has 0 aliphatic carbocycles. The van der Waals surface area contributed by atoms with E-state index in [0.717, 1.165) is 6.42 Å². The monoisotopic (exact) mass is 239 g/mol. The van der Waals surface area contributed by atoms with Crippen molar-refractivity contribution in [3.05, 3.63) is 0 Å². The highest BCUT2D eigenvalue weighted by atomic mass is 35.5. The molecule has 5 heteroatoms. The molecule has 0 aliphatic rings. The number of methoxy groups -OCH3 is 1. The van der Waals surface area contributed by atoms with Gasteiger partial charge in [0.1, 0.15) is 0 Å². The molecule has 0 amide bonds. The van der Waals surface area contributed by atoms with Crippen LogP contribution in [-0.2, 0) is 9.53 Å². The number of halogens is 1. The Balaban J connectivity index is 0. The first-order chi connectivity index (χ1) is 6.56. The van der Waals surface area contributed by atoms with Gasteiger partial charge in [-0.25, -0.2) is 0 Å². The fourth-order valence-electron chi connectivity index (χ4n) is 1.62. The Kier molecular flexibility index (Phi) is 10.2. The normalized spacial score (nSPS) is 16.3. The van der Waals surface area contributed by atoms with Crippen LogP contribution < -0.4 is 5.32 Å². The predicted molar refractivity (Wildman–Crippen MR) is 62.6 cm³/mol. The second-order valence-electron chi connectivity index (χ2n) is 3.57. The van der Waals surface area contributed by atoms with E-state index in [1.54, 1.807) is 7.11 Å². The summed E-state index contributed by atoms with van der Waals surface area (Å²) >= 11 is 0. The summed E-state index contributed by atoms with van der Waals surface area (Å²) in [6, 6.07) is 0.0982. The average Bonchev–Trinajstić information content (AvgIpc) is 2.16. The number of hydrogen-bond acceptors (Lipinski definition) is 3. The molecular weight excluding hydrogens is 218 g/mol. The number of carbonyl (C=O) groups is 1. The van der Waals surface area contributed by atoms with Crippen LogP contribution in [0.4, 0.5) is 0 Å². The van der Waals surface area contributed by atoms with Gasteiger partial charge in [0.15, 0.2) is 0 Å². The molecule has 4 nitrogen and oxygen atoms in total. The Labute approximate surface area is 97.8 Å². The molecule has 0 aromatic rings. The molecule has 15 heavy (non-hydrogen) atoms. The summed E-state index contributed by atoms with van der Waals surface area (Å²) in [7, 11) is 3.39. The van der Waals surface area contributed by atoms with Crippen LogP contribution in [0.25, 0.3) is 0 Å². The summed E-state index contributed by atoms with van der Waals surface area (Å²) in [4.78, 5) is 10.6. The highest BCUT2D eigenvalue weighted by molar-refractivity contribution is 5.85. The number of rotatable bonds is 7. The Bertz CT molecular complexity index is 178. The Morgan fingerprint density at radius 3 is 2.33 bits per heavy atom. The lowest BCUT2D eigenvalue weighted by atomic mass is 9.93. The Morgan fingerprint density at radius 1 is 1.53 bits per heavy atom. The van der Waals surface area contributed by atoms with Gasteiger partial charge >= 0.3 is 5.97 Å². The molecule has 0 radical (unpaired) electrons. The van der Waals surface area contributed by atoms with E-state index in [4.69, 9.17) is 9.84 Å². The molecule has 2 N–H and O–H groups in total. The molecule has 0 saturated heterocycles. The summed E-state index contributed by atoms with van der Waals surface area (Å²) in [5.41, 5.74) is 0. The zero-order valence-corrected chi connectivity index (χ0v) is 10.6.